The molecule has 2 aromatic rings. The number of rotatable bonds is 8. The molecule has 0 unspecified atom stereocenters. The summed E-state index contributed by atoms with van der Waals surface area (Å²) in [5.74, 6) is 1.38. The molecule has 0 aliphatic rings. The van der Waals surface area contributed by atoms with Crippen molar-refractivity contribution in [2.75, 3.05) is 31.9 Å². The highest BCUT2D eigenvalue weighted by Gasteiger charge is 2.26. The lowest BCUT2D eigenvalue weighted by molar-refractivity contribution is 0.378. The van der Waals surface area contributed by atoms with Gasteiger partial charge < -0.3 is 4.90 Å². The lowest BCUT2D eigenvalue weighted by Crippen LogP contribution is -2.22. The van der Waals surface area contributed by atoms with E-state index in [9.17, 15) is 10.5 Å². The predicted molar refractivity (Wildman–Crippen MR) is 129 cm³/mol. The first-order valence-electron chi connectivity index (χ1n) is 9.70. The SMILES string of the molecule is CC(C)(C#N)c1cc(Cn2cncn2)cc(C(C)(C)C#N)c1.CN(CCCl)CCCl.Cl. The Bertz CT molecular complexity index is 816. The van der Waals surface area contributed by atoms with Crippen LogP contribution < -0.4 is 0 Å². The first kappa shape index (κ1) is 29.2. The highest BCUT2D eigenvalue weighted by Crippen LogP contribution is 2.30. The minimum atomic E-state index is -0.612. The fourth-order valence-corrected chi connectivity index (χ4v) is 3.11. The molecule has 0 saturated heterocycles. The Morgan fingerprint density at radius 2 is 1.45 bits per heavy atom. The number of halogens is 3. The first-order valence-corrected chi connectivity index (χ1v) is 10.8. The van der Waals surface area contributed by atoms with Gasteiger partial charge in [0.15, 0.2) is 0 Å². The number of nitrogens with zero attached hydrogens (tertiary/aromatic N) is 6. The minimum absolute atomic E-state index is 0. The average Bonchev–Trinajstić information content (AvgIpc) is 3.21. The van der Waals surface area contributed by atoms with Gasteiger partial charge in [0.25, 0.3) is 0 Å². The van der Waals surface area contributed by atoms with E-state index in [1.54, 1.807) is 11.0 Å². The molecule has 0 radical (unpaired) electrons. The van der Waals surface area contributed by atoms with Gasteiger partial charge in [-0.15, -0.1) is 35.6 Å². The molecule has 0 spiro atoms. The third-order valence-electron chi connectivity index (χ3n) is 4.74. The van der Waals surface area contributed by atoms with Gasteiger partial charge in [-0.3, -0.25) is 0 Å². The van der Waals surface area contributed by atoms with Crippen molar-refractivity contribution in [3.63, 3.8) is 0 Å². The van der Waals surface area contributed by atoms with Gasteiger partial charge in [0.1, 0.15) is 12.7 Å². The summed E-state index contributed by atoms with van der Waals surface area (Å²) < 4.78 is 1.72. The van der Waals surface area contributed by atoms with Crippen LogP contribution in [0.4, 0.5) is 0 Å². The van der Waals surface area contributed by atoms with Gasteiger partial charge in [-0.1, -0.05) is 18.2 Å². The van der Waals surface area contributed by atoms with E-state index in [0.717, 1.165) is 29.8 Å². The Kier molecular flexibility index (Phi) is 12.8. The van der Waals surface area contributed by atoms with Crippen LogP contribution in [0.25, 0.3) is 0 Å². The van der Waals surface area contributed by atoms with Crippen LogP contribution in [0.2, 0.25) is 0 Å². The van der Waals surface area contributed by atoms with Crippen LogP contribution in [0.5, 0.6) is 0 Å². The second-order valence-corrected chi connectivity index (χ2v) is 8.92. The van der Waals surface area contributed by atoms with Gasteiger partial charge in [0.2, 0.25) is 0 Å². The molecule has 1 heterocycles. The smallest absolute Gasteiger partial charge is 0.137 e. The third-order valence-corrected chi connectivity index (χ3v) is 5.08. The molecule has 0 bridgehead atoms. The van der Waals surface area contributed by atoms with Crippen LogP contribution in [0.15, 0.2) is 30.9 Å². The van der Waals surface area contributed by atoms with E-state index in [0.29, 0.717) is 18.3 Å². The summed E-state index contributed by atoms with van der Waals surface area (Å²) in [6.07, 6.45) is 3.14. The number of aromatic nitrogens is 3. The molecule has 2 rings (SSSR count). The molecule has 0 N–H and O–H groups in total. The molecule has 170 valence electrons. The van der Waals surface area contributed by atoms with Gasteiger partial charge in [-0.2, -0.15) is 15.6 Å². The molecule has 0 aliphatic heterocycles. The number of nitriles is 2. The van der Waals surface area contributed by atoms with Crippen LogP contribution in [0.3, 0.4) is 0 Å². The van der Waals surface area contributed by atoms with E-state index in [1.807, 2.05) is 52.9 Å². The van der Waals surface area contributed by atoms with E-state index in [2.05, 4.69) is 27.1 Å². The molecular weight excluding hydrogens is 455 g/mol. The number of hydrogen-bond donors (Lipinski definition) is 0. The Balaban J connectivity index is 0.000000858. The average molecular weight is 486 g/mol. The summed E-state index contributed by atoms with van der Waals surface area (Å²) in [5.41, 5.74) is 1.60. The van der Waals surface area contributed by atoms with Crippen molar-refractivity contribution in [3.8, 4) is 12.1 Å². The third kappa shape index (κ3) is 9.46. The standard InChI is InChI=1S/C17H19N5.C5H11Cl2N.ClH/c1-16(2,9-18)14-5-13(8-22-12-20-11-21-22)6-15(7-14)17(3,4)10-19;1-8(4-2-6)5-3-7;/h5-7,11-12H,8H2,1-4H3;2-5H2,1H3;1H. The fourth-order valence-electron chi connectivity index (χ4n) is 2.54. The molecule has 9 heteroatoms. The van der Waals surface area contributed by atoms with Crippen molar-refractivity contribution in [3.05, 3.63) is 47.5 Å². The highest BCUT2D eigenvalue weighted by molar-refractivity contribution is 6.18. The largest absolute Gasteiger partial charge is 0.304 e. The quantitative estimate of drug-likeness (QED) is 0.504. The summed E-state index contributed by atoms with van der Waals surface area (Å²) in [6.45, 7) is 9.93. The number of benzene rings is 1. The molecule has 31 heavy (non-hydrogen) atoms. The first-order chi connectivity index (χ1) is 14.1. The van der Waals surface area contributed by atoms with Crippen LogP contribution in [-0.4, -0.2) is 51.6 Å². The maximum absolute atomic E-state index is 9.40. The molecule has 0 aliphatic carbocycles. The molecule has 0 atom stereocenters. The van der Waals surface area contributed by atoms with Crippen molar-refractivity contribution >= 4 is 35.6 Å². The van der Waals surface area contributed by atoms with E-state index in [-0.39, 0.29) is 12.4 Å². The van der Waals surface area contributed by atoms with E-state index in [1.165, 1.54) is 6.33 Å². The summed E-state index contributed by atoms with van der Waals surface area (Å²) >= 11 is 10.9. The fraction of sp³-hybridized carbons (Fsp3) is 0.545. The summed E-state index contributed by atoms with van der Waals surface area (Å²) in [5, 5.41) is 22.9. The van der Waals surface area contributed by atoms with Crippen LogP contribution in [-0.2, 0) is 17.4 Å². The van der Waals surface area contributed by atoms with Crippen molar-refractivity contribution in [1.29, 1.82) is 10.5 Å². The van der Waals surface area contributed by atoms with Crippen LogP contribution in [0, 0.1) is 22.7 Å². The summed E-state index contributed by atoms with van der Waals surface area (Å²) in [4.78, 5) is 6.04. The molecule has 6 nitrogen and oxygen atoms in total. The maximum atomic E-state index is 9.40. The molecule has 0 fully saturated rings. The summed E-state index contributed by atoms with van der Waals surface area (Å²) in [7, 11) is 2.00. The van der Waals surface area contributed by atoms with Gasteiger partial charge in [-0.25, -0.2) is 9.67 Å². The lowest BCUT2D eigenvalue weighted by atomic mass is 9.79. The summed E-state index contributed by atoms with van der Waals surface area (Å²) in [6, 6.07) is 10.6. The monoisotopic (exact) mass is 484 g/mol. The van der Waals surface area contributed by atoms with Crippen LogP contribution >= 0.6 is 35.6 Å². The molecule has 0 saturated carbocycles. The highest BCUT2D eigenvalue weighted by atomic mass is 35.5. The normalized spacial score (nSPS) is 11.0. The van der Waals surface area contributed by atoms with E-state index < -0.39 is 10.8 Å². The van der Waals surface area contributed by atoms with E-state index in [4.69, 9.17) is 23.2 Å². The number of alkyl halides is 2. The number of hydrogen-bond acceptors (Lipinski definition) is 5. The van der Waals surface area contributed by atoms with Gasteiger partial charge >= 0.3 is 0 Å². The van der Waals surface area contributed by atoms with Gasteiger partial charge in [-0.05, 0) is 51.4 Å². The molecule has 1 aromatic heterocycles. The maximum Gasteiger partial charge on any atom is 0.137 e. The topological polar surface area (TPSA) is 81.5 Å². The van der Waals surface area contributed by atoms with Crippen molar-refractivity contribution in [2.24, 2.45) is 0 Å². The molecule has 0 amide bonds. The van der Waals surface area contributed by atoms with Gasteiger partial charge in [0, 0.05) is 24.8 Å². The lowest BCUT2D eigenvalue weighted by Gasteiger charge is -2.23. The zero-order valence-corrected chi connectivity index (χ0v) is 21.1. The van der Waals surface area contributed by atoms with Crippen molar-refractivity contribution in [2.45, 2.75) is 45.1 Å². The zero-order chi connectivity index (χ0) is 22.8. The van der Waals surface area contributed by atoms with Gasteiger partial charge in [0.05, 0.1) is 29.5 Å². The second-order valence-electron chi connectivity index (χ2n) is 8.17. The Morgan fingerprint density at radius 3 is 1.81 bits per heavy atom. The van der Waals surface area contributed by atoms with Crippen molar-refractivity contribution < 1.29 is 0 Å². The molecular formula is C22H31Cl3N6. The molecule has 1 aromatic carbocycles. The Labute approximate surface area is 202 Å². The minimum Gasteiger partial charge on any atom is -0.304 e. The Morgan fingerprint density at radius 1 is 0.968 bits per heavy atom. The second kappa shape index (κ2) is 13.6. The zero-order valence-electron chi connectivity index (χ0n) is 18.8. The van der Waals surface area contributed by atoms with Crippen molar-refractivity contribution in [1.82, 2.24) is 19.7 Å². The van der Waals surface area contributed by atoms with Crippen LogP contribution in [0.1, 0.15) is 44.4 Å². The Hall–Kier alpha value is -1.83. The predicted octanol–water partition coefficient (Wildman–Crippen LogP) is 4.75. The van der Waals surface area contributed by atoms with E-state index >= 15 is 0 Å².